The Morgan fingerprint density at radius 3 is 2.67 bits per heavy atom. The lowest BCUT2D eigenvalue weighted by atomic mass is 9.90. The first-order chi connectivity index (χ1) is 5.53. The van der Waals surface area contributed by atoms with Crippen LogP contribution < -0.4 is 5.43 Å². The SMILES string of the molecule is CCN1C=NNC1CC(C)(C)C. The molecule has 1 aliphatic rings. The maximum absolute atomic E-state index is 4.05. The molecule has 1 rings (SSSR count). The molecule has 70 valence electrons. The predicted octanol–water partition coefficient (Wildman–Crippen LogP) is 1.62. The topological polar surface area (TPSA) is 27.6 Å². The molecule has 0 spiro atoms. The molecule has 3 nitrogen and oxygen atoms in total. The summed E-state index contributed by atoms with van der Waals surface area (Å²) in [6.45, 7) is 9.93. The van der Waals surface area contributed by atoms with E-state index in [-0.39, 0.29) is 0 Å². The fraction of sp³-hybridized carbons (Fsp3) is 0.889. The van der Waals surface area contributed by atoms with Crippen molar-refractivity contribution in [2.45, 2.75) is 40.3 Å². The summed E-state index contributed by atoms with van der Waals surface area (Å²) in [5.41, 5.74) is 3.47. The third-order valence-electron chi connectivity index (χ3n) is 2.00. The summed E-state index contributed by atoms with van der Waals surface area (Å²) in [5, 5.41) is 4.05. The van der Waals surface area contributed by atoms with Crippen molar-refractivity contribution < 1.29 is 0 Å². The normalized spacial score (nSPS) is 23.0. The van der Waals surface area contributed by atoms with E-state index in [9.17, 15) is 0 Å². The molecular weight excluding hydrogens is 150 g/mol. The first-order valence-corrected chi connectivity index (χ1v) is 4.57. The first-order valence-electron chi connectivity index (χ1n) is 4.57. The van der Waals surface area contributed by atoms with Crippen LogP contribution in [0.1, 0.15) is 34.1 Å². The van der Waals surface area contributed by atoms with Crippen LogP contribution in [0.25, 0.3) is 0 Å². The van der Waals surface area contributed by atoms with Crippen LogP contribution in [-0.4, -0.2) is 23.9 Å². The Morgan fingerprint density at radius 1 is 1.50 bits per heavy atom. The lowest BCUT2D eigenvalue weighted by Crippen LogP contribution is -2.39. The molecule has 3 heteroatoms. The van der Waals surface area contributed by atoms with Crippen molar-refractivity contribution in [3.63, 3.8) is 0 Å². The lowest BCUT2D eigenvalue weighted by molar-refractivity contribution is 0.220. The zero-order chi connectivity index (χ0) is 9.19. The summed E-state index contributed by atoms with van der Waals surface area (Å²) in [6.07, 6.45) is 3.41. The highest BCUT2D eigenvalue weighted by Crippen LogP contribution is 2.22. The Balaban J connectivity index is 2.44. The molecule has 0 radical (unpaired) electrons. The Labute approximate surface area is 74.8 Å². The van der Waals surface area contributed by atoms with Gasteiger partial charge in [0.2, 0.25) is 0 Å². The molecule has 0 bridgehead atoms. The number of hydrogen-bond acceptors (Lipinski definition) is 3. The predicted molar refractivity (Wildman–Crippen MR) is 51.9 cm³/mol. The maximum Gasteiger partial charge on any atom is 0.116 e. The minimum atomic E-state index is 0.360. The fourth-order valence-electron chi connectivity index (χ4n) is 1.39. The molecule has 1 unspecified atom stereocenters. The van der Waals surface area contributed by atoms with Gasteiger partial charge in [0.1, 0.15) is 12.5 Å². The average molecular weight is 169 g/mol. The molecule has 1 N–H and O–H groups in total. The van der Waals surface area contributed by atoms with Crippen LogP contribution in [0, 0.1) is 5.41 Å². The fourth-order valence-corrected chi connectivity index (χ4v) is 1.39. The number of nitrogens with zero attached hydrogens (tertiary/aromatic N) is 2. The van der Waals surface area contributed by atoms with E-state index >= 15 is 0 Å². The largest absolute Gasteiger partial charge is 0.340 e. The van der Waals surface area contributed by atoms with Crippen LogP contribution in [-0.2, 0) is 0 Å². The molecule has 0 saturated heterocycles. The summed E-state index contributed by atoms with van der Waals surface area (Å²) in [4.78, 5) is 2.23. The van der Waals surface area contributed by atoms with Crippen molar-refractivity contribution in [2.75, 3.05) is 6.54 Å². The summed E-state index contributed by atoms with van der Waals surface area (Å²) in [5.74, 6) is 0. The van der Waals surface area contributed by atoms with Crippen molar-refractivity contribution in [2.24, 2.45) is 10.5 Å². The molecule has 1 heterocycles. The molecule has 0 fully saturated rings. The second-order valence-corrected chi connectivity index (χ2v) is 4.48. The smallest absolute Gasteiger partial charge is 0.116 e. The Kier molecular flexibility index (Phi) is 2.60. The van der Waals surface area contributed by atoms with E-state index < -0.39 is 0 Å². The van der Waals surface area contributed by atoms with Crippen LogP contribution in [0.5, 0.6) is 0 Å². The van der Waals surface area contributed by atoms with Gasteiger partial charge in [-0.05, 0) is 18.8 Å². The highest BCUT2D eigenvalue weighted by Gasteiger charge is 2.24. The average Bonchev–Trinajstić information content (AvgIpc) is 2.31. The summed E-state index contributed by atoms with van der Waals surface area (Å²) in [7, 11) is 0. The minimum absolute atomic E-state index is 0.360. The van der Waals surface area contributed by atoms with Gasteiger partial charge in [0.25, 0.3) is 0 Å². The monoisotopic (exact) mass is 169 g/mol. The Morgan fingerprint density at radius 2 is 2.17 bits per heavy atom. The van der Waals surface area contributed by atoms with Gasteiger partial charge in [0, 0.05) is 6.54 Å². The molecular formula is C9H19N3. The van der Waals surface area contributed by atoms with E-state index in [0.717, 1.165) is 13.0 Å². The first kappa shape index (κ1) is 9.36. The molecule has 1 atom stereocenters. The third-order valence-corrected chi connectivity index (χ3v) is 2.00. The van der Waals surface area contributed by atoms with Gasteiger partial charge in [-0.25, -0.2) is 0 Å². The van der Waals surface area contributed by atoms with Crippen LogP contribution >= 0.6 is 0 Å². The van der Waals surface area contributed by atoms with Crippen molar-refractivity contribution in [1.29, 1.82) is 0 Å². The van der Waals surface area contributed by atoms with Gasteiger partial charge < -0.3 is 4.90 Å². The molecule has 1 aliphatic heterocycles. The highest BCUT2D eigenvalue weighted by molar-refractivity contribution is 5.56. The van der Waals surface area contributed by atoms with Crippen molar-refractivity contribution >= 4 is 6.34 Å². The Hall–Kier alpha value is -0.730. The zero-order valence-corrected chi connectivity index (χ0v) is 8.46. The molecule has 0 aromatic rings. The molecule has 0 saturated carbocycles. The molecule has 12 heavy (non-hydrogen) atoms. The second-order valence-electron chi connectivity index (χ2n) is 4.48. The van der Waals surface area contributed by atoms with Gasteiger partial charge in [0.15, 0.2) is 0 Å². The quantitative estimate of drug-likeness (QED) is 0.680. The van der Waals surface area contributed by atoms with Crippen LogP contribution in [0.15, 0.2) is 5.10 Å². The minimum Gasteiger partial charge on any atom is -0.340 e. The van der Waals surface area contributed by atoms with Crippen LogP contribution in [0.3, 0.4) is 0 Å². The third kappa shape index (κ3) is 2.40. The standard InChI is InChI=1S/C9H19N3/c1-5-12-7-10-11-8(12)6-9(2,3)4/h7-8,11H,5-6H2,1-4H3. The van der Waals surface area contributed by atoms with E-state index in [2.05, 4.69) is 43.1 Å². The Bertz CT molecular complexity index is 169. The molecule has 0 amide bonds. The van der Waals surface area contributed by atoms with Crippen molar-refractivity contribution in [3.8, 4) is 0 Å². The van der Waals surface area contributed by atoms with E-state index in [1.165, 1.54) is 0 Å². The zero-order valence-electron chi connectivity index (χ0n) is 8.46. The summed E-state index contributed by atoms with van der Waals surface area (Å²) >= 11 is 0. The summed E-state index contributed by atoms with van der Waals surface area (Å²) < 4.78 is 0. The van der Waals surface area contributed by atoms with Crippen LogP contribution in [0.2, 0.25) is 0 Å². The van der Waals surface area contributed by atoms with Crippen molar-refractivity contribution in [1.82, 2.24) is 10.3 Å². The summed E-state index contributed by atoms with van der Waals surface area (Å²) in [6, 6.07) is 0. The van der Waals surface area contributed by atoms with E-state index in [1.807, 2.05) is 6.34 Å². The number of hydrogen-bond donors (Lipinski definition) is 1. The molecule has 0 aromatic heterocycles. The van der Waals surface area contributed by atoms with E-state index in [4.69, 9.17) is 0 Å². The van der Waals surface area contributed by atoms with E-state index in [0.29, 0.717) is 11.6 Å². The van der Waals surface area contributed by atoms with Crippen molar-refractivity contribution in [3.05, 3.63) is 0 Å². The number of hydrazone groups is 1. The van der Waals surface area contributed by atoms with E-state index in [1.54, 1.807) is 0 Å². The van der Waals surface area contributed by atoms with Gasteiger partial charge in [0.05, 0.1) is 0 Å². The number of nitrogens with one attached hydrogen (secondary N) is 1. The van der Waals surface area contributed by atoms with Gasteiger partial charge in [-0.3, -0.25) is 5.43 Å². The van der Waals surface area contributed by atoms with Crippen LogP contribution in [0.4, 0.5) is 0 Å². The molecule has 0 aromatic carbocycles. The van der Waals surface area contributed by atoms with Gasteiger partial charge >= 0.3 is 0 Å². The van der Waals surface area contributed by atoms with Gasteiger partial charge in [-0.1, -0.05) is 20.8 Å². The number of rotatable bonds is 2. The lowest BCUT2D eigenvalue weighted by Gasteiger charge is -2.28. The van der Waals surface area contributed by atoms with Gasteiger partial charge in [-0.2, -0.15) is 5.10 Å². The second kappa shape index (κ2) is 3.33. The van der Waals surface area contributed by atoms with Gasteiger partial charge in [-0.15, -0.1) is 0 Å². The highest BCUT2D eigenvalue weighted by atomic mass is 15.5. The maximum atomic E-state index is 4.05. The molecule has 0 aliphatic carbocycles.